The highest BCUT2D eigenvalue weighted by molar-refractivity contribution is 7.09. The fourth-order valence-corrected chi connectivity index (χ4v) is 5.55. The molecule has 4 rings (SSSR count). The number of β-amino-alcohol motifs (C(OH)–C–C–N with tert-alkyl or cyclic N) is 1. The van der Waals surface area contributed by atoms with Crippen LogP contribution in [0.1, 0.15) is 42.8 Å². The SMILES string of the molecule is CN1CCC(N2CCC(O)(c3csc(CN4CC[C@@H](O)C4)n3)CC2)CC1. The van der Waals surface area contributed by atoms with Gasteiger partial charge in [-0.25, -0.2) is 4.98 Å². The van der Waals surface area contributed by atoms with Gasteiger partial charge < -0.3 is 20.0 Å². The Labute approximate surface area is 160 Å². The highest BCUT2D eigenvalue weighted by atomic mass is 32.1. The first-order valence-electron chi connectivity index (χ1n) is 10.0. The van der Waals surface area contributed by atoms with Gasteiger partial charge in [0.1, 0.15) is 10.6 Å². The van der Waals surface area contributed by atoms with Crippen LogP contribution < -0.4 is 0 Å². The molecule has 0 bridgehead atoms. The monoisotopic (exact) mass is 380 g/mol. The van der Waals surface area contributed by atoms with Crippen molar-refractivity contribution in [3.05, 3.63) is 16.1 Å². The molecule has 3 aliphatic heterocycles. The van der Waals surface area contributed by atoms with Crippen molar-refractivity contribution in [2.45, 2.75) is 56.4 Å². The zero-order valence-corrected chi connectivity index (χ0v) is 16.6. The second-order valence-electron chi connectivity index (χ2n) is 8.41. The van der Waals surface area contributed by atoms with Crippen LogP contribution >= 0.6 is 11.3 Å². The lowest BCUT2D eigenvalue weighted by molar-refractivity contribution is -0.0440. The van der Waals surface area contributed by atoms with E-state index >= 15 is 0 Å². The standard InChI is InChI=1S/C19H32N4O2S/c1-21-7-2-15(3-8-21)23-10-5-19(25,6-11-23)17-14-26-18(20-17)13-22-9-4-16(24)12-22/h14-16,24-25H,2-13H2,1H3/t16-/m1/s1. The smallest absolute Gasteiger partial charge is 0.110 e. The van der Waals surface area contributed by atoms with Gasteiger partial charge in [0.15, 0.2) is 0 Å². The quantitative estimate of drug-likeness (QED) is 0.815. The number of thiazole rings is 1. The summed E-state index contributed by atoms with van der Waals surface area (Å²) in [6.45, 7) is 6.78. The molecular weight excluding hydrogens is 348 g/mol. The number of aliphatic hydroxyl groups is 2. The van der Waals surface area contributed by atoms with E-state index in [9.17, 15) is 10.2 Å². The van der Waals surface area contributed by atoms with Gasteiger partial charge in [0.05, 0.1) is 18.3 Å². The van der Waals surface area contributed by atoms with Crippen LogP contribution in [0.5, 0.6) is 0 Å². The number of aliphatic hydroxyl groups excluding tert-OH is 1. The fourth-order valence-electron chi connectivity index (χ4n) is 4.62. The molecule has 0 aliphatic carbocycles. The van der Waals surface area contributed by atoms with Crippen molar-refractivity contribution in [1.82, 2.24) is 19.7 Å². The molecule has 0 radical (unpaired) electrons. The van der Waals surface area contributed by atoms with Gasteiger partial charge in [-0.1, -0.05) is 0 Å². The summed E-state index contributed by atoms with van der Waals surface area (Å²) in [5.74, 6) is 0. The Morgan fingerprint density at radius 2 is 1.88 bits per heavy atom. The third kappa shape index (κ3) is 4.13. The van der Waals surface area contributed by atoms with E-state index in [0.717, 1.165) is 62.7 Å². The number of likely N-dealkylation sites (tertiary alicyclic amines) is 3. The summed E-state index contributed by atoms with van der Waals surface area (Å²) in [6, 6.07) is 0.684. The van der Waals surface area contributed by atoms with Gasteiger partial charge >= 0.3 is 0 Å². The first-order valence-corrected chi connectivity index (χ1v) is 10.9. The van der Waals surface area contributed by atoms with Crippen LogP contribution in [0.15, 0.2) is 5.38 Å². The second-order valence-corrected chi connectivity index (χ2v) is 9.35. The molecule has 146 valence electrons. The Morgan fingerprint density at radius 1 is 1.15 bits per heavy atom. The molecule has 4 heterocycles. The maximum absolute atomic E-state index is 11.2. The minimum atomic E-state index is -0.763. The maximum atomic E-state index is 11.2. The molecule has 2 N–H and O–H groups in total. The van der Waals surface area contributed by atoms with Crippen LogP contribution in [0.2, 0.25) is 0 Å². The first kappa shape index (κ1) is 18.8. The minimum absolute atomic E-state index is 0.192. The summed E-state index contributed by atoms with van der Waals surface area (Å²) in [6.07, 6.45) is 4.72. The molecule has 6 nitrogen and oxygen atoms in total. The Morgan fingerprint density at radius 3 is 2.54 bits per heavy atom. The van der Waals surface area contributed by atoms with Crippen LogP contribution in [-0.2, 0) is 12.1 Å². The normalized spacial score (nSPS) is 29.4. The topological polar surface area (TPSA) is 63.1 Å². The lowest BCUT2D eigenvalue weighted by atomic mass is 9.87. The van der Waals surface area contributed by atoms with Crippen molar-refractivity contribution < 1.29 is 10.2 Å². The van der Waals surface area contributed by atoms with Crippen molar-refractivity contribution in [2.75, 3.05) is 46.3 Å². The van der Waals surface area contributed by atoms with E-state index in [0.29, 0.717) is 6.04 Å². The van der Waals surface area contributed by atoms with E-state index in [1.165, 1.54) is 25.9 Å². The Hall–Kier alpha value is -0.570. The van der Waals surface area contributed by atoms with Crippen LogP contribution in [0.25, 0.3) is 0 Å². The fraction of sp³-hybridized carbons (Fsp3) is 0.842. The van der Waals surface area contributed by atoms with E-state index in [4.69, 9.17) is 4.98 Å². The summed E-state index contributed by atoms with van der Waals surface area (Å²) in [5, 5.41) is 23.9. The van der Waals surface area contributed by atoms with Crippen molar-refractivity contribution in [2.24, 2.45) is 0 Å². The number of hydrogen-bond donors (Lipinski definition) is 2. The number of nitrogens with zero attached hydrogens (tertiary/aromatic N) is 4. The van der Waals surface area contributed by atoms with Crippen LogP contribution in [0.4, 0.5) is 0 Å². The van der Waals surface area contributed by atoms with E-state index in [2.05, 4.69) is 21.7 Å². The van der Waals surface area contributed by atoms with Gasteiger partial charge in [0.2, 0.25) is 0 Å². The maximum Gasteiger partial charge on any atom is 0.110 e. The molecule has 0 amide bonds. The van der Waals surface area contributed by atoms with Crippen molar-refractivity contribution >= 4 is 11.3 Å². The molecule has 26 heavy (non-hydrogen) atoms. The molecule has 0 spiro atoms. The average molecular weight is 381 g/mol. The van der Waals surface area contributed by atoms with E-state index in [-0.39, 0.29) is 6.10 Å². The minimum Gasteiger partial charge on any atom is -0.392 e. The van der Waals surface area contributed by atoms with Crippen LogP contribution in [-0.4, -0.2) is 88.4 Å². The van der Waals surface area contributed by atoms with Gasteiger partial charge in [-0.15, -0.1) is 11.3 Å². The number of rotatable bonds is 4. The lowest BCUT2D eigenvalue weighted by Crippen LogP contribution is -2.50. The molecule has 1 aromatic rings. The third-order valence-electron chi connectivity index (χ3n) is 6.46. The molecule has 3 aliphatic rings. The summed E-state index contributed by atoms with van der Waals surface area (Å²) in [7, 11) is 2.20. The van der Waals surface area contributed by atoms with Crippen molar-refractivity contribution in [1.29, 1.82) is 0 Å². The lowest BCUT2D eigenvalue weighted by Gasteiger charge is -2.43. The molecule has 3 saturated heterocycles. The van der Waals surface area contributed by atoms with Crippen LogP contribution in [0.3, 0.4) is 0 Å². The third-order valence-corrected chi connectivity index (χ3v) is 7.30. The van der Waals surface area contributed by atoms with E-state index in [1.54, 1.807) is 11.3 Å². The van der Waals surface area contributed by atoms with Crippen molar-refractivity contribution in [3.8, 4) is 0 Å². The highest BCUT2D eigenvalue weighted by Crippen LogP contribution is 2.35. The molecule has 0 unspecified atom stereocenters. The molecule has 0 aromatic carbocycles. The largest absolute Gasteiger partial charge is 0.392 e. The zero-order chi connectivity index (χ0) is 18.1. The predicted molar refractivity (Wildman–Crippen MR) is 103 cm³/mol. The van der Waals surface area contributed by atoms with E-state index < -0.39 is 5.60 Å². The summed E-state index contributed by atoms with van der Waals surface area (Å²) < 4.78 is 0. The molecular formula is C19H32N4O2S. The van der Waals surface area contributed by atoms with Gasteiger partial charge in [-0.3, -0.25) is 4.90 Å². The molecule has 1 aromatic heterocycles. The number of hydrogen-bond acceptors (Lipinski definition) is 7. The summed E-state index contributed by atoms with van der Waals surface area (Å²) in [5.41, 5.74) is 0.0987. The second kappa shape index (κ2) is 7.81. The Balaban J connectivity index is 1.32. The Bertz CT molecular complexity index is 594. The molecule has 1 atom stereocenters. The van der Waals surface area contributed by atoms with Gasteiger partial charge in [-0.2, -0.15) is 0 Å². The van der Waals surface area contributed by atoms with Gasteiger partial charge in [0.25, 0.3) is 0 Å². The van der Waals surface area contributed by atoms with Gasteiger partial charge in [0, 0.05) is 37.6 Å². The summed E-state index contributed by atoms with van der Waals surface area (Å²) in [4.78, 5) is 12.0. The molecule has 7 heteroatoms. The van der Waals surface area contributed by atoms with E-state index in [1.807, 2.05) is 5.38 Å². The molecule has 3 fully saturated rings. The summed E-state index contributed by atoms with van der Waals surface area (Å²) >= 11 is 1.65. The number of aromatic nitrogens is 1. The molecule has 0 saturated carbocycles. The predicted octanol–water partition coefficient (Wildman–Crippen LogP) is 1.09. The first-order chi connectivity index (χ1) is 12.5. The highest BCUT2D eigenvalue weighted by Gasteiger charge is 2.38. The van der Waals surface area contributed by atoms with Crippen LogP contribution in [0, 0.1) is 0 Å². The average Bonchev–Trinajstić information content (AvgIpc) is 3.26. The van der Waals surface area contributed by atoms with Gasteiger partial charge in [-0.05, 0) is 52.2 Å². The van der Waals surface area contributed by atoms with Crippen molar-refractivity contribution in [3.63, 3.8) is 0 Å². The zero-order valence-electron chi connectivity index (χ0n) is 15.8. The number of piperidine rings is 2. The Kier molecular flexibility index (Phi) is 5.64.